The summed E-state index contributed by atoms with van der Waals surface area (Å²) in [6.45, 7) is 9.55. The molecular formula is C15H23Cl2FN2O. The molecule has 1 aliphatic heterocycles. The Labute approximate surface area is 138 Å². The highest BCUT2D eigenvalue weighted by atomic mass is 35.5. The lowest BCUT2D eigenvalue weighted by atomic mass is 9.97. The van der Waals surface area contributed by atoms with E-state index in [1.54, 1.807) is 12.1 Å². The van der Waals surface area contributed by atoms with E-state index in [9.17, 15) is 9.50 Å². The molecule has 6 heteroatoms. The fourth-order valence-corrected chi connectivity index (χ4v) is 2.56. The number of rotatable bonds is 4. The predicted molar refractivity (Wildman–Crippen MR) is 89.2 cm³/mol. The molecular weight excluding hydrogens is 314 g/mol. The maximum absolute atomic E-state index is 13.5. The molecule has 0 spiro atoms. The first-order valence-corrected chi connectivity index (χ1v) is 6.66. The number of aromatic hydroxyl groups is 1. The zero-order valence-electron chi connectivity index (χ0n) is 12.1. The summed E-state index contributed by atoms with van der Waals surface area (Å²) >= 11 is 0. The van der Waals surface area contributed by atoms with Gasteiger partial charge in [-0.3, -0.25) is 4.90 Å². The molecule has 1 saturated heterocycles. The number of halogens is 3. The molecule has 0 radical (unpaired) electrons. The smallest absolute Gasteiger partial charge is 0.165 e. The van der Waals surface area contributed by atoms with Crippen molar-refractivity contribution in [2.45, 2.75) is 19.4 Å². The second-order valence-corrected chi connectivity index (χ2v) is 5.14. The van der Waals surface area contributed by atoms with Crippen molar-refractivity contribution in [2.24, 2.45) is 0 Å². The lowest BCUT2D eigenvalue weighted by molar-refractivity contribution is 0.169. The van der Waals surface area contributed by atoms with Gasteiger partial charge in [-0.15, -0.1) is 31.4 Å². The third-order valence-electron chi connectivity index (χ3n) is 3.51. The Morgan fingerprint density at radius 2 is 2.00 bits per heavy atom. The largest absolute Gasteiger partial charge is 0.505 e. The topological polar surface area (TPSA) is 35.5 Å². The van der Waals surface area contributed by atoms with Crippen molar-refractivity contribution in [3.63, 3.8) is 0 Å². The van der Waals surface area contributed by atoms with Crippen molar-refractivity contribution in [1.29, 1.82) is 0 Å². The van der Waals surface area contributed by atoms with E-state index in [1.807, 2.05) is 6.92 Å². The number of phenolic OH excluding ortho intramolecular Hbond substituents is 1. The van der Waals surface area contributed by atoms with Crippen LogP contribution in [0.2, 0.25) is 0 Å². The van der Waals surface area contributed by atoms with E-state index >= 15 is 0 Å². The van der Waals surface area contributed by atoms with Crippen LogP contribution in [-0.2, 0) is 0 Å². The molecule has 1 aliphatic rings. The van der Waals surface area contributed by atoms with Crippen LogP contribution in [0.3, 0.4) is 0 Å². The number of nitrogens with zero attached hydrogens (tertiary/aromatic N) is 1. The van der Waals surface area contributed by atoms with E-state index in [0.717, 1.165) is 38.2 Å². The molecule has 120 valence electrons. The molecule has 2 N–H and O–H groups in total. The molecule has 3 nitrogen and oxygen atoms in total. The second-order valence-electron chi connectivity index (χ2n) is 5.14. The van der Waals surface area contributed by atoms with Crippen LogP contribution in [0, 0.1) is 5.82 Å². The predicted octanol–water partition coefficient (Wildman–Crippen LogP) is 3.29. The number of para-hydroxylation sites is 1. The van der Waals surface area contributed by atoms with Crippen molar-refractivity contribution in [3.05, 3.63) is 41.7 Å². The SMILES string of the molecule is C=C(C)C[C@H](c1cccc(F)c1O)N1CCNCC1.Cl.Cl. The lowest BCUT2D eigenvalue weighted by Gasteiger charge is -2.35. The van der Waals surface area contributed by atoms with Crippen molar-refractivity contribution in [3.8, 4) is 5.75 Å². The van der Waals surface area contributed by atoms with E-state index in [2.05, 4.69) is 16.8 Å². The van der Waals surface area contributed by atoms with E-state index in [0.29, 0.717) is 5.56 Å². The van der Waals surface area contributed by atoms with Crippen LogP contribution in [0.5, 0.6) is 5.75 Å². The quantitative estimate of drug-likeness (QED) is 0.828. The molecule has 1 aromatic rings. The first-order chi connectivity index (χ1) is 9.09. The van der Waals surface area contributed by atoms with Crippen LogP contribution in [-0.4, -0.2) is 36.2 Å². The van der Waals surface area contributed by atoms with Crippen molar-refractivity contribution in [2.75, 3.05) is 26.2 Å². The Balaban J connectivity index is 0.00000200. The minimum Gasteiger partial charge on any atom is -0.505 e. The molecule has 1 fully saturated rings. The number of phenols is 1. The van der Waals surface area contributed by atoms with Gasteiger partial charge in [0.2, 0.25) is 0 Å². The lowest BCUT2D eigenvalue weighted by Crippen LogP contribution is -2.45. The Bertz CT molecular complexity index is 465. The van der Waals surface area contributed by atoms with Crippen molar-refractivity contribution < 1.29 is 9.50 Å². The minimum atomic E-state index is -0.556. The van der Waals surface area contributed by atoms with Crippen LogP contribution in [0.15, 0.2) is 30.4 Å². The molecule has 0 aromatic heterocycles. The molecule has 0 aliphatic carbocycles. The van der Waals surface area contributed by atoms with Gasteiger partial charge in [0.15, 0.2) is 11.6 Å². The zero-order chi connectivity index (χ0) is 13.8. The van der Waals surface area contributed by atoms with Gasteiger partial charge >= 0.3 is 0 Å². The molecule has 0 amide bonds. The van der Waals surface area contributed by atoms with E-state index in [4.69, 9.17) is 0 Å². The summed E-state index contributed by atoms with van der Waals surface area (Å²) in [7, 11) is 0. The van der Waals surface area contributed by atoms with Crippen LogP contribution in [0.1, 0.15) is 24.9 Å². The molecule has 2 rings (SSSR count). The van der Waals surface area contributed by atoms with Gasteiger partial charge in [0, 0.05) is 37.8 Å². The van der Waals surface area contributed by atoms with Gasteiger partial charge in [-0.25, -0.2) is 4.39 Å². The van der Waals surface area contributed by atoms with Gasteiger partial charge in [-0.1, -0.05) is 17.7 Å². The van der Waals surface area contributed by atoms with Crippen LogP contribution in [0.25, 0.3) is 0 Å². The highest BCUT2D eigenvalue weighted by molar-refractivity contribution is 5.85. The summed E-state index contributed by atoms with van der Waals surface area (Å²) in [5, 5.41) is 13.3. The number of hydrogen-bond donors (Lipinski definition) is 2. The molecule has 1 heterocycles. The molecule has 1 aromatic carbocycles. The second kappa shape index (κ2) is 9.26. The minimum absolute atomic E-state index is 0. The summed E-state index contributed by atoms with van der Waals surface area (Å²) < 4.78 is 13.5. The fourth-order valence-electron chi connectivity index (χ4n) is 2.56. The van der Waals surface area contributed by atoms with Crippen LogP contribution >= 0.6 is 24.8 Å². The van der Waals surface area contributed by atoms with E-state index in [1.165, 1.54) is 6.07 Å². The third kappa shape index (κ3) is 5.15. The average molecular weight is 337 g/mol. The number of hydrogen-bond acceptors (Lipinski definition) is 3. The summed E-state index contributed by atoms with van der Waals surface area (Å²) in [6.07, 6.45) is 0.733. The molecule has 0 unspecified atom stereocenters. The maximum atomic E-state index is 13.5. The molecule has 1 atom stereocenters. The molecule has 21 heavy (non-hydrogen) atoms. The van der Waals surface area contributed by atoms with E-state index in [-0.39, 0.29) is 36.6 Å². The zero-order valence-corrected chi connectivity index (χ0v) is 13.8. The summed E-state index contributed by atoms with van der Waals surface area (Å²) in [4.78, 5) is 2.28. The van der Waals surface area contributed by atoms with Gasteiger partial charge in [0.25, 0.3) is 0 Å². The van der Waals surface area contributed by atoms with Gasteiger partial charge in [-0.2, -0.15) is 0 Å². The number of benzene rings is 1. The standard InChI is InChI=1S/C15H21FN2O.2ClH/c1-11(2)10-14(18-8-6-17-7-9-18)12-4-3-5-13(16)15(12)19;;/h3-5,14,17,19H,1,6-10H2,2H3;2*1H/t14-;;/m1../s1. The Kier molecular flexibility index (Phi) is 8.90. The summed E-state index contributed by atoms with van der Waals surface area (Å²) in [5.41, 5.74) is 1.69. The number of nitrogens with one attached hydrogen (secondary N) is 1. The Morgan fingerprint density at radius 3 is 2.57 bits per heavy atom. The Morgan fingerprint density at radius 1 is 1.38 bits per heavy atom. The van der Waals surface area contributed by atoms with Crippen molar-refractivity contribution >= 4 is 24.8 Å². The van der Waals surface area contributed by atoms with Crippen LogP contribution in [0.4, 0.5) is 4.39 Å². The van der Waals surface area contributed by atoms with E-state index < -0.39 is 5.82 Å². The first kappa shape index (κ1) is 20.2. The van der Waals surface area contributed by atoms with Gasteiger partial charge < -0.3 is 10.4 Å². The highest BCUT2D eigenvalue weighted by Crippen LogP contribution is 2.34. The maximum Gasteiger partial charge on any atom is 0.165 e. The monoisotopic (exact) mass is 336 g/mol. The van der Waals surface area contributed by atoms with Gasteiger partial charge in [0.1, 0.15) is 0 Å². The third-order valence-corrected chi connectivity index (χ3v) is 3.51. The summed E-state index contributed by atoms with van der Waals surface area (Å²) in [5.74, 6) is -0.786. The Hall–Kier alpha value is -0.810. The normalized spacial score (nSPS) is 16.5. The molecule has 0 bridgehead atoms. The van der Waals surface area contributed by atoms with Gasteiger partial charge in [0.05, 0.1) is 0 Å². The van der Waals surface area contributed by atoms with Gasteiger partial charge in [-0.05, 0) is 19.4 Å². The van der Waals surface area contributed by atoms with Crippen LogP contribution < -0.4 is 5.32 Å². The average Bonchev–Trinajstić information content (AvgIpc) is 2.40. The fraction of sp³-hybridized carbons (Fsp3) is 0.467. The first-order valence-electron chi connectivity index (χ1n) is 6.66. The molecule has 0 saturated carbocycles. The summed E-state index contributed by atoms with van der Waals surface area (Å²) in [6, 6.07) is 4.73. The number of piperazine rings is 1. The van der Waals surface area contributed by atoms with Crippen molar-refractivity contribution in [1.82, 2.24) is 10.2 Å². The highest BCUT2D eigenvalue weighted by Gasteiger charge is 2.25.